The maximum Gasteiger partial charge on any atom is 0.241 e. The zero-order valence-corrected chi connectivity index (χ0v) is 11.6. The minimum absolute atomic E-state index is 0.00475. The Balaban J connectivity index is 1.77. The Labute approximate surface area is 114 Å². The van der Waals surface area contributed by atoms with Crippen molar-refractivity contribution in [3.8, 4) is 0 Å². The average molecular weight is 267 g/mol. The number of nitrogens with zero attached hydrogens (tertiary/aromatic N) is 1. The standard InChI is InChI=1S/C14H25N3O2/c15-9-11-5-1-2-6-12(11)14(19)16-10-13(18)17-7-3-4-8-17/h11-12H,1-10,15H2,(H,16,19). The number of nitrogens with one attached hydrogen (secondary N) is 1. The fourth-order valence-electron chi connectivity index (χ4n) is 3.21. The van der Waals surface area contributed by atoms with Crippen molar-refractivity contribution in [1.82, 2.24) is 10.2 Å². The molecule has 108 valence electrons. The second kappa shape index (κ2) is 6.89. The molecule has 3 N–H and O–H groups in total. The molecule has 0 radical (unpaired) electrons. The van der Waals surface area contributed by atoms with Crippen LogP contribution in [-0.4, -0.2) is 42.9 Å². The molecule has 1 heterocycles. The highest BCUT2D eigenvalue weighted by Gasteiger charge is 2.30. The van der Waals surface area contributed by atoms with Crippen molar-refractivity contribution in [2.75, 3.05) is 26.2 Å². The Bertz CT molecular complexity index is 327. The van der Waals surface area contributed by atoms with Crippen LogP contribution in [0.3, 0.4) is 0 Å². The van der Waals surface area contributed by atoms with Crippen molar-refractivity contribution >= 4 is 11.8 Å². The summed E-state index contributed by atoms with van der Waals surface area (Å²) in [5, 5.41) is 2.81. The van der Waals surface area contributed by atoms with E-state index in [4.69, 9.17) is 5.73 Å². The fraction of sp³-hybridized carbons (Fsp3) is 0.857. The van der Waals surface area contributed by atoms with Gasteiger partial charge in [-0.3, -0.25) is 9.59 Å². The third-order valence-electron chi connectivity index (χ3n) is 4.42. The highest BCUT2D eigenvalue weighted by molar-refractivity contribution is 5.86. The molecule has 1 saturated heterocycles. The molecule has 0 aromatic heterocycles. The number of hydrogen-bond donors (Lipinski definition) is 2. The molecule has 2 rings (SSSR count). The molecule has 1 saturated carbocycles. The predicted molar refractivity (Wildman–Crippen MR) is 73.3 cm³/mol. The van der Waals surface area contributed by atoms with E-state index in [9.17, 15) is 9.59 Å². The van der Waals surface area contributed by atoms with Crippen molar-refractivity contribution in [1.29, 1.82) is 0 Å². The van der Waals surface area contributed by atoms with Crippen LogP contribution in [0, 0.1) is 11.8 Å². The van der Waals surface area contributed by atoms with Crippen molar-refractivity contribution in [2.45, 2.75) is 38.5 Å². The van der Waals surface area contributed by atoms with E-state index in [1.165, 1.54) is 6.42 Å². The summed E-state index contributed by atoms with van der Waals surface area (Å²) in [5.41, 5.74) is 5.73. The summed E-state index contributed by atoms with van der Waals surface area (Å²) >= 11 is 0. The summed E-state index contributed by atoms with van der Waals surface area (Å²) in [6.45, 7) is 2.39. The summed E-state index contributed by atoms with van der Waals surface area (Å²) in [5.74, 6) is 0.356. The van der Waals surface area contributed by atoms with Crippen molar-refractivity contribution < 1.29 is 9.59 Å². The number of hydrogen-bond acceptors (Lipinski definition) is 3. The first-order chi connectivity index (χ1) is 9.22. The van der Waals surface area contributed by atoms with Crippen molar-refractivity contribution in [3.05, 3.63) is 0 Å². The number of likely N-dealkylation sites (tertiary alicyclic amines) is 1. The zero-order chi connectivity index (χ0) is 13.7. The van der Waals surface area contributed by atoms with Gasteiger partial charge >= 0.3 is 0 Å². The predicted octanol–water partition coefficient (Wildman–Crippen LogP) is 0.490. The van der Waals surface area contributed by atoms with Crippen LogP contribution in [0.25, 0.3) is 0 Å². The van der Waals surface area contributed by atoms with Gasteiger partial charge in [-0.1, -0.05) is 12.8 Å². The van der Waals surface area contributed by atoms with Gasteiger partial charge < -0.3 is 16.0 Å². The molecule has 1 aliphatic carbocycles. The molecule has 0 aromatic carbocycles. The van der Waals surface area contributed by atoms with Gasteiger partial charge in [0.2, 0.25) is 11.8 Å². The monoisotopic (exact) mass is 267 g/mol. The van der Waals surface area contributed by atoms with E-state index in [0.29, 0.717) is 6.54 Å². The molecule has 19 heavy (non-hydrogen) atoms. The van der Waals surface area contributed by atoms with Gasteiger partial charge in [0.05, 0.1) is 6.54 Å². The molecule has 1 aliphatic heterocycles. The highest BCUT2D eigenvalue weighted by atomic mass is 16.2. The summed E-state index contributed by atoms with van der Waals surface area (Å²) in [4.78, 5) is 25.9. The lowest BCUT2D eigenvalue weighted by Crippen LogP contribution is -2.44. The minimum Gasteiger partial charge on any atom is -0.347 e. The smallest absolute Gasteiger partial charge is 0.241 e. The van der Waals surface area contributed by atoms with E-state index in [1.54, 1.807) is 0 Å². The van der Waals surface area contributed by atoms with Gasteiger partial charge in [-0.2, -0.15) is 0 Å². The van der Waals surface area contributed by atoms with E-state index < -0.39 is 0 Å². The highest BCUT2D eigenvalue weighted by Crippen LogP contribution is 2.29. The Kier molecular flexibility index (Phi) is 5.19. The maximum atomic E-state index is 12.1. The summed E-state index contributed by atoms with van der Waals surface area (Å²) in [6, 6.07) is 0. The summed E-state index contributed by atoms with van der Waals surface area (Å²) in [6.07, 6.45) is 6.36. The molecule has 0 bridgehead atoms. The van der Waals surface area contributed by atoms with E-state index in [0.717, 1.165) is 45.2 Å². The number of carbonyl (C=O) groups is 2. The minimum atomic E-state index is 0.00475. The molecular weight excluding hydrogens is 242 g/mol. The van der Waals surface area contributed by atoms with Gasteiger partial charge in [0.1, 0.15) is 0 Å². The third kappa shape index (κ3) is 3.69. The van der Waals surface area contributed by atoms with Gasteiger partial charge in [0.25, 0.3) is 0 Å². The Morgan fingerprint density at radius 2 is 1.79 bits per heavy atom. The van der Waals surface area contributed by atoms with E-state index in [-0.39, 0.29) is 30.2 Å². The van der Waals surface area contributed by atoms with Crippen LogP contribution in [0.1, 0.15) is 38.5 Å². The number of nitrogens with two attached hydrogens (primary N) is 1. The zero-order valence-electron chi connectivity index (χ0n) is 11.6. The Morgan fingerprint density at radius 3 is 2.47 bits per heavy atom. The van der Waals surface area contributed by atoms with Gasteiger partial charge in [-0.25, -0.2) is 0 Å². The van der Waals surface area contributed by atoms with Gasteiger partial charge in [0.15, 0.2) is 0 Å². The first kappa shape index (κ1) is 14.3. The van der Waals surface area contributed by atoms with Crippen LogP contribution in [0.5, 0.6) is 0 Å². The largest absolute Gasteiger partial charge is 0.347 e. The first-order valence-electron chi connectivity index (χ1n) is 7.48. The topological polar surface area (TPSA) is 75.4 Å². The van der Waals surface area contributed by atoms with Crippen molar-refractivity contribution in [3.63, 3.8) is 0 Å². The number of carbonyl (C=O) groups excluding carboxylic acids is 2. The van der Waals surface area contributed by atoms with E-state index in [1.807, 2.05) is 4.90 Å². The van der Waals surface area contributed by atoms with Crippen molar-refractivity contribution in [2.24, 2.45) is 17.6 Å². The van der Waals surface area contributed by atoms with Crippen LogP contribution < -0.4 is 11.1 Å². The van der Waals surface area contributed by atoms with Gasteiger partial charge in [0, 0.05) is 19.0 Å². The number of rotatable bonds is 4. The van der Waals surface area contributed by atoms with Crippen LogP contribution >= 0.6 is 0 Å². The molecule has 2 aliphatic rings. The van der Waals surface area contributed by atoms with Gasteiger partial charge in [-0.05, 0) is 38.1 Å². The molecule has 2 fully saturated rings. The quantitative estimate of drug-likeness (QED) is 0.778. The van der Waals surface area contributed by atoms with Crippen LogP contribution in [-0.2, 0) is 9.59 Å². The molecular formula is C14H25N3O2. The third-order valence-corrected chi connectivity index (χ3v) is 4.42. The van der Waals surface area contributed by atoms with E-state index >= 15 is 0 Å². The Hall–Kier alpha value is -1.10. The van der Waals surface area contributed by atoms with E-state index in [2.05, 4.69) is 5.32 Å². The molecule has 0 aromatic rings. The normalized spacial score (nSPS) is 27.3. The molecule has 2 amide bonds. The lowest BCUT2D eigenvalue weighted by atomic mass is 9.79. The van der Waals surface area contributed by atoms with Crippen LogP contribution in [0.4, 0.5) is 0 Å². The summed E-state index contributed by atoms with van der Waals surface area (Å²) in [7, 11) is 0. The molecule has 0 spiro atoms. The molecule has 5 nitrogen and oxygen atoms in total. The SMILES string of the molecule is NCC1CCCCC1C(=O)NCC(=O)N1CCCC1. The Morgan fingerprint density at radius 1 is 1.11 bits per heavy atom. The second-order valence-corrected chi connectivity index (χ2v) is 5.69. The molecule has 2 unspecified atom stereocenters. The average Bonchev–Trinajstić information content (AvgIpc) is 2.98. The summed E-state index contributed by atoms with van der Waals surface area (Å²) < 4.78 is 0. The van der Waals surface area contributed by atoms with Gasteiger partial charge in [-0.15, -0.1) is 0 Å². The lowest BCUT2D eigenvalue weighted by Gasteiger charge is -2.29. The van der Waals surface area contributed by atoms with Crippen LogP contribution in [0.15, 0.2) is 0 Å². The fourth-order valence-corrected chi connectivity index (χ4v) is 3.21. The molecule has 5 heteroatoms. The first-order valence-corrected chi connectivity index (χ1v) is 7.48. The second-order valence-electron chi connectivity index (χ2n) is 5.69. The van der Waals surface area contributed by atoms with Crippen LogP contribution in [0.2, 0.25) is 0 Å². The maximum absolute atomic E-state index is 12.1. The number of amides is 2. The molecule has 2 atom stereocenters. The lowest BCUT2D eigenvalue weighted by molar-refractivity contribution is -0.134.